The van der Waals surface area contributed by atoms with E-state index in [2.05, 4.69) is 32.7 Å². The van der Waals surface area contributed by atoms with Gasteiger partial charge in [-0.1, -0.05) is 20.8 Å². The van der Waals surface area contributed by atoms with Crippen molar-refractivity contribution < 1.29 is 5.11 Å². The van der Waals surface area contributed by atoms with Crippen molar-refractivity contribution in [1.82, 2.24) is 4.90 Å². The van der Waals surface area contributed by atoms with E-state index in [4.69, 9.17) is 0 Å². The number of hydrogen-bond donors (Lipinski definition) is 1. The van der Waals surface area contributed by atoms with Crippen molar-refractivity contribution in [2.45, 2.75) is 32.9 Å². The second-order valence-electron chi connectivity index (χ2n) is 4.72. The fourth-order valence-electron chi connectivity index (χ4n) is 1.81. The lowest BCUT2D eigenvalue weighted by molar-refractivity contribution is 0.0206. The van der Waals surface area contributed by atoms with Crippen molar-refractivity contribution in [3.63, 3.8) is 0 Å². The Balaban J connectivity index is 2.53. The van der Waals surface area contributed by atoms with Gasteiger partial charge in [0.15, 0.2) is 0 Å². The highest BCUT2D eigenvalue weighted by Crippen LogP contribution is 2.24. The third kappa shape index (κ3) is 2.88. The van der Waals surface area contributed by atoms with E-state index in [1.807, 2.05) is 11.8 Å². The van der Waals surface area contributed by atoms with E-state index in [1.54, 1.807) is 0 Å². The van der Waals surface area contributed by atoms with Crippen molar-refractivity contribution >= 4 is 11.8 Å². The summed E-state index contributed by atoms with van der Waals surface area (Å²) >= 11 is 1.96. The van der Waals surface area contributed by atoms with E-state index in [0.29, 0.717) is 17.9 Å². The molecule has 0 spiro atoms. The number of nitrogens with zero attached hydrogens (tertiary/aromatic N) is 1. The van der Waals surface area contributed by atoms with Crippen LogP contribution in [-0.2, 0) is 0 Å². The Morgan fingerprint density at radius 3 is 2.50 bits per heavy atom. The molecule has 1 saturated heterocycles. The summed E-state index contributed by atoms with van der Waals surface area (Å²) in [4.78, 5) is 2.31. The maximum Gasteiger partial charge on any atom is 0.0731 e. The summed E-state index contributed by atoms with van der Waals surface area (Å²) in [6.07, 6.45) is -0.173. The van der Waals surface area contributed by atoms with E-state index < -0.39 is 0 Å². The lowest BCUT2D eigenvalue weighted by atomic mass is 9.88. The zero-order chi connectivity index (χ0) is 10.7. The SMILES string of the molecule is CC(C)C(C)C(O)C1CSCCN1C. The highest BCUT2D eigenvalue weighted by Gasteiger charge is 2.31. The molecule has 1 N–H and O–H groups in total. The van der Waals surface area contributed by atoms with Gasteiger partial charge >= 0.3 is 0 Å². The van der Waals surface area contributed by atoms with Gasteiger partial charge in [0, 0.05) is 24.1 Å². The number of rotatable bonds is 3. The molecule has 2 nitrogen and oxygen atoms in total. The summed E-state index contributed by atoms with van der Waals surface area (Å²) in [5.41, 5.74) is 0. The predicted molar refractivity (Wildman–Crippen MR) is 63.8 cm³/mol. The minimum absolute atomic E-state index is 0.173. The molecule has 0 aliphatic carbocycles. The first kappa shape index (κ1) is 12.3. The quantitative estimate of drug-likeness (QED) is 0.778. The van der Waals surface area contributed by atoms with Gasteiger partial charge < -0.3 is 5.11 Å². The molecular formula is C11H23NOS. The molecule has 1 fully saturated rings. The molecule has 3 heteroatoms. The molecule has 1 aliphatic rings. The highest BCUT2D eigenvalue weighted by molar-refractivity contribution is 7.99. The standard InChI is InChI=1S/C11H23NOS/c1-8(2)9(3)11(13)10-7-14-6-5-12(10)4/h8-11,13H,5-7H2,1-4H3. The molecule has 0 amide bonds. The monoisotopic (exact) mass is 217 g/mol. The third-order valence-electron chi connectivity index (χ3n) is 3.43. The van der Waals surface area contributed by atoms with Crippen LogP contribution in [-0.4, -0.2) is 47.3 Å². The van der Waals surface area contributed by atoms with Gasteiger partial charge in [0.2, 0.25) is 0 Å². The predicted octanol–water partition coefficient (Wildman–Crippen LogP) is 1.69. The van der Waals surface area contributed by atoms with Gasteiger partial charge in [-0.25, -0.2) is 0 Å². The summed E-state index contributed by atoms with van der Waals surface area (Å²) in [6, 6.07) is 0.353. The van der Waals surface area contributed by atoms with Crippen LogP contribution >= 0.6 is 11.8 Å². The van der Waals surface area contributed by atoms with Gasteiger partial charge in [-0.2, -0.15) is 11.8 Å². The van der Waals surface area contributed by atoms with Gasteiger partial charge in [-0.05, 0) is 18.9 Å². The molecule has 0 saturated carbocycles. The van der Waals surface area contributed by atoms with Gasteiger partial charge in [-0.3, -0.25) is 4.90 Å². The molecule has 3 atom stereocenters. The van der Waals surface area contributed by atoms with Crippen LogP contribution in [0.25, 0.3) is 0 Å². The summed E-state index contributed by atoms with van der Waals surface area (Å²) in [5.74, 6) is 3.23. The molecule has 84 valence electrons. The van der Waals surface area contributed by atoms with Crippen LogP contribution in [0.15, 0.2) is 0 Å². The van der Waals surface area contributed by atoms with E-state index in [1.165, 1.54) is 5.75 Å². The van der Waals surface area contributed by atoms with Crippen LogP contribution in [0.5, 0.6) is 0 Å². The topological polar surface area (TPSA) is 23.5 Å². The summed E-state index contributed by atoms with van der Waals surface area (Å²) in [7, 11) is 2.13. The molecule has 1 rings (SSSR count). The zero-order valence-electron chi connectivity index (χ0n) is 9.73. The van der Waals surface area contributed by atoms with Crippen molar-refractivity contribution in [3.05, 3.63) is 0 Å². The maximum absolute atomic E-state index is 10.2. The van der Waals surface area contributed by atoms with Crippen molar-refractivity contribution in [2.75, 3.05) is 25.1 Å². The molecule has 0 radical (unpaired) electrons. The minimum Gasteiger partial charge on any atom is -0.391 e. The molecule has 0 aromatic carbocycles. The van der Waals surface area contributed by atoms with E-state index >= 15 is 0 Å². The van der Waals surface area contributed by atoms with Crippen molar-refractivity contribution in [2.24, 2.45) is 11.8 Å². The third-order valence-corrected chi connectivity index (χ3v) is 4.48. The number of thioether (sulfide) groups is 1. The lowest BCUT2D eigenvalue weighted by Gasteiger charge is -2.38. The first-order valence-electron chi connectivity index (χ1n) is 5.50. The molecular weight excluding hydrogens is 194 g/mol. The largest absolute Gasteiger partial charge is 0.391 e. The fraction of sp³-hybridized carbons (Fsp3) is 1.00. The van der Waals surface area contributed by atoms with Crippen LogP contribution < -0.4 is 0 Å². The zero-order valence-corrected chi connectivity index (χ0v) is 10.5. The first-order valence-corrected chi connectivity index (χ1v) is 6.65. The lowest BCUT2D eigenvalue weighted by Crippen LogP contribution is -2.50. The Morgan fingerprint density at radius 2 is 2.00 bits per heavy atom. The Hall–Kier alpha value is 0.270. The van der Waals surface area contributed by atoms with Gasteiger partial charge in [0.1, 0.15) is 0 Å². The average Bonchev–Trinajstić information content (AvgIpc) is 2.16. The van der Waals surface area contributed by atoms with Gasteiger partial charge in [0.05, 0.1) is 6.10 Å². The number of likely N-dealkylation sites (N-methyl/N-ethyl adjacent to an activating group) is 1. The molecule has 1 heterocycles. The summed E-state index contributed by atoms with van der Waals surface area (Å²) in [5, 5.41) is 10.2. The Labute approximate surface area is 92.1 Å². The molecule has 0 bridgehead atoms. The van der Waals surface area contributed by atoms with E-state index in [0.717, 1.165) is 12.3 Å². The average molecular weight is 217 g/mol. The molecule has 3 unspecified atom stereocenters. The second kappa shape index (κ2) is 5.38. The smallest absolute Gasteiger partial charge is 0.0731 e. The fourth-order valence-corrected chi connectivity index (χ4v) is 3.09. The molecule has 0 aromatic rings. The Morgan fingerprint density at radius 1 is 1.36 bits per heavy atom. The highest BCUT2D eigenvalue weighted by atomic mass is 32.2. The maximum atomic E-state index is 10.2. The number of hydrogen-bond acceptors (Lipinski definition) is 3. The van der Waals surface area contributed by atoms with Crippen LogP contribution in [0.1, 0.15) is 20.8 Å². The first-order chi connectivity index (χ1) is 6.54. The summed E-state index contributed by atoms with van der Waals surface area (Å²) in [6.45, 7) is 7.63. The number of aliphatic hydroxyl groups is 1. The van der Waals surface area contributed by atoms with E-state index in [9.17, 15) is 5.11 Å². The van der Waals surface area contributed by atoms with E-state index in [-0.39, 0.29) is 6.10 Å². The molecule has 0 aromatic heterocycles. The normalized spacial score (nSPS) is 29.1. The summed E-state index contributed by atoms with van der Waals surface area (Å²) < 4.78 is 0. The van der Waals surface area contributed by atoms with Crippen LogP contribution in [0, 0.1) is 11.8 Å². The van der Waals surface area contributed by atoms with Crippen LogP contribution in [0.4, 0.5) is 0 Å². The van der Waals surface area contributed by atoms with Gasteiger partial charge in [0.25, 0.3) is 0 Å². The minimum atomic E-state index is -0.173. The van der Waals surface area contributed by atoms with Crippen LogP contribution in [0.2, 0.25) is 0 Å². The Kier molecular flexibility index (Phi) is 4.74. The molecule has 14 heavy (non-hydrogen) atoms. The number of aliphatic hydroxyl groups excluding tert-OH is 1. The van der Waals surface area contributed by atoms with Crippen LogP contribution in [0.3, 0.4) is 0 Å². The van der Waals surface area contributed by atoms with Gasteiger partial charge in [-0.15, -0.1) is 0 Å². The molecule has 1 aliphatic heterocycles. The Bertz CT molecular complexity index is 175. The van der Waals surface area contributed by atoms with Crippen molar-refractivity contribution in [1.29, 1.82) is 0 Å². The van der Waals surface area contributed by atoms with Crippen molar-refractivity contribution in [3.8, 4) is 0 Å². The second-order valence-corrected chi connectivity index (χ2v) is 5.87.